The summed E-state index contributed by atoms with van der Waals surface area (Å²) in [6, 6.07) is 19.4. The molecule has 1 aliphatic rings. The smallest absolute Gasteiger partial charge is 0.389 e. The largest absolute Gasteiger partial charge is 0.459 e. The van der Waals surface area contributed by atoms with Crippen LogP contribution in [0.15, 0.2) is 77.9 Å². The van der Waals surface area contributed by atoms with E-state index in [0.29, 0.717) is 11.1 Å². The summed E-state index contributed by atoms with van der Waals surface area (Å²) < 4.78 is 67.8. The first-order valence-electron chi connectivity index (χ1n) is 10.4. The summed E-state index contributed by atoms with van der Waals surface area (Å²) in [7, 11) is 0. The molecule has 0 saturated carbocycles. The molecule has 4 rings (SSSR count). The summed E-state index contributed by atoms with van der Waals surface area (Å²) in [6.07, 6.45) is -7.08. The second-order valence-corrected chi connectivity index (χ2v) is 8.47. The van der Waals surface area contributed by atoms with Gasteiger partial charge < -0.3 is 5.11 Å². The Hall–Kier alpha value is -2.97. The maximum absolute atomic E-state index is 14.2. The maximum Gasteiger partial charge on any atom is 0.459 e. The van der Waals surface area contributed by atoms with Crippen molar-refractivity contribution in [2.24, 2.45) is 5.10 Å². The number of alkyl halides is 5. The molecule has 0 saturated heterocycles. The summed E-state index contributed by atoms with van der Waals surface area (Å²) in [4.78, 5) is 0. The van der Waals surface area contributed by atoms with Crippen molar-refractivity contribution in [2.45, 2.75) is 37.6 Å². The third kappa shape index (κ3) is 4.52. The summed E-state index contributed by atoms with van der Waals surface area (Å²) >= 11 is 6.24. The van der Waals surface area contributed by atoms with E-state index in [9.17, 15) is 27.1 Å². The molecular formula is C25H20ClF5N2O. The van der Waals surface area contributed by atoms with Gasteiger partial charge in [-0.3, -0.25) is 5.01 Å². The van der Waals surface area contributed by atoms with Crippen molar-refractivity contribution in [3.63, 3.8) is 0 Å². The molecule has 0 bridgehead atoms. The van der Waals surface area contributed by atoms with Gasteiger partial charge in [0.05, 0.1) is 22.9 Å². The predicted octanol–water partition coefficient (Wildman–Crippen LogP) is 7.57. The Balaban J connectivity index is 1.78. The number of hydrogen-bond donors (Lipinski definition) is 1. The van der Waals surface area contributed by atoms with E-state index in [-0.39, 0.29) is 10.7 Å². The highest BCUT2D eigenvalue weighted by Gasteiger charge is 2.62. The lowest BCUT2D eigenvalue weighted by atomic mass is 9.94. The lowest BCUT2D eigenvalue weighted by Crippen LogP contribution is -2.43. The molecule has 178 valence electrons. The summed E-state index contributed by atoms with van der Waals surface area (Å²) in [5, 5.41) is 14.9. The molecule has 3 aromatic rings. The number of hydrogen-bond acceptors (Lipinski definition) is 3. The Labute approximate surface area is 198 Å². The Morgan fingerprint density at radius 3 is 2.24 bits per heavy atom. The fourth-order valence-electron chi connectivity index (χ4n) is 3.89. The molecular weight excluding hydrogens is 475 g/mol. The molecule has 0 radical (unpaired) electrons. The van der Waals surface area contributed by atoms with Gasteiger partial charge in [0.15, 0.2) is 0 Å². The van der Waals surface area contributed by atoms with Gasteiger partial charge in [-0.15, -0.1) is 0 Å². The third-order valence-electron chi connectivity index (χ3n) is 5.70. The number of rotatable bonds is 5. The number of hydrazone groups is 1. The van der Waals surface area contributed by atoms with Crippen LogP contribution in [-0.2, 0) is 0 Å². The van der Waals surface area contributed by atoms with Crippen molar-refractivity contribution in [1.29, 1.82) is 0 Å². The van der Waals surface area contributed by atoms with Crippen LogP contribution in [-0.4, -0.2) is 22.9 Å². The molecule has 1 aliphatic heterocycles. The van der Waals surface area contributed by atoms with Gasteiger partial charge in [-0.25, -0.2) is 0 Å². The van der Waals surface area contributed by atoms with Crippen LogP contribution in [0, 0.1) is 0 Å². The Kier molecular flexibility index (Phi) is 6.40. The molecule has 3 aromatic carbocycles. The van der Waals surface area contributed by atoms with E-state index in [1.165, 1.54) is 12.1 Å². The average Bonchev–Trinajstić information content (AvgIpc) is 3.25. The molecule has 0 fully saturated rings. The number of aliphatic hydroxyl groups is 1. The van der Waals surface area contributed by atoms with Crippen LogP contribution in [0.5, 0.6) is 0 Å². The minimum Gasteiger partial charge on any atom is -0.389 e. The van der Waals surface area contributed by atoms with E-state index in [1.807, 2.05) is 6.07 Å². The fourth-order valence-corrected chi connectivity index (χ4v) is 4.11. The Bertz CT molecular complexity index is 1230. The average molecular weight is 495 g/mol. The van der Waals surface area contributed by atoms with Crippen LogP contribution in [0.2, 0.25) is 5.02 Å². The van der Waals surface area contributed by atoms with Gasteiger partial charge >= 0.3 is 12.1 Å². The molecule has 2 unspecified atom stereocenters. The zero-order valence-corrected chi connectivity index (χ0v) is 18.7. The molecule has 34 heavy (non-hydrogen) atoms. The van der Waals surface area contributed by atoms with Gasteiger partial charge in [-0.1, -0.05) is 60.1 Å². The highest BCUT2D eigenvalue weighted by Crippen LogP contribution is 2.46. The summed E-state index contributed by atoms with van der Waals surface area (Å²) in [5.41, 5.74) is 1.63. The first kappa shape index (κ1) is 24.2. The quantitative estimate of drug-likeness (QED) is 0.371. The predicted molar refractivity (Wildman–Crippen MR) is 122 cm³/mol. The van der Waals surface area contributed by atoms with Crippen molar-refractivity contribution >= 4 is 23.0 Å². The number of para-hydroxylation sites is 1. The Morgan fingerprint density at radius 1 is 0.941 bits per heavy atom. The van der Waals surface area contributed by atoms with E-state index in [1.54, 1.807) is 61.5 Å². The van der Waals surface area contributed by atoms with Crippen molar-refractivity contribution in [2.75, 3.05) is 5.01 Å². The molecule has 1 N–H and O–H groups in total. The lowest BCUT2D eigenvalue weighted by Gasteiger charge is -2.25. The summed E-state index contributed by atoms with van der Waals surface area (Å²) in [5.74, 6) is -5.08. The van der Waals surface area contributed by atoms with E-state index >= 15 is 0 Å². The van der Waals surface area contributed by atoms with Crippen LogP contribution in [0.3, 0.4) is 0 Å². The van der Waals surface area contributed by atoms with Gasteiger partial charge in [-0.2, -0.15) is 27.1 Å². The molecule has 1 heterocycles. The van der Waals surface area contributed by atoms with Crippen molar-refractivity contribution in [3.8, 4) is 11.1 Å². The zero-order valence-electron chi connectivity index (χ0n) is 17.9. The highest BCUT2D eigenvalue weighted by molar-refractivity contribution is 6.33. The molecule has 2 atom stereocenters. The lowest BCUT2D eigenvalue weighted by molar-refractivity contribution is -0.249. The third-order valence-corrected chi connectivity index (χ3v) is 6.02. The monoisotopic (exact) mass is 494 g/mol. The normalized spacial score (nSPS) is 17.6. The number of halogens is 6. The molecule has 0 amide bonds. The molecule has 0 aliphatic carbocycles. The van der Waals surface area contributed by atoms with Crippen LogP contribution in [0.25, 0.3) is 11.1 Å². The maximum atomic E-state index is 14.2. The van der Waals surface area contributed by atoms with E-state index in [2.05, 4.69) is 5.10 Å². The van der Waals surface area contributed by atoms with Gasteiger partial charge in [-0.05, 0) is 53.4 Å². The SMILES string of the molecule is CC(O)c1cccc(-c2cccc(C3CC(C(F)(F)C(F)(F)F)=NN3c3ccccc3Cl)c2)c1. The van der Waals surface area contributed by atoms with Crippen LogP contribution in [0.1, 0.15) is 36.6 Å². The van der Waals surface area contributed by atoms with E-state index in [0.717, 1.165) is 16.1 Å². The summed E-state index contributed by atoms with van der Waals surface area (Å²) in [6.45, 7) is 1.63. The fraction of sp³-hybridized carbons (Fsp3) is 0.240. The van der Waals surface area contributed by atoms with E-state index in [4.69, 9.17) is 11.6 Å². The van der Waals surface area contributed by atoms with Crippen LogP contribution in [0.4, 0.5) is 27.6 Å². The van der Waals surface area contributed by atoms with Crippen molar-refractivity contribution in [1.82, 2.24) is 0 Å². The van der Waals surface area contributed by atoms with E-state index < -0.39 is 36.4 Å². The van der Waals surface area contributed by atoms with Crippen molar-refractivity contribution < 1.29 is 27.1 Å². The van der Waals surface area contributed by atoms with Crippen molar-refractivity contribution in [3.05, 3.63) is 88.9 Å². The molecule has 3 nitrogen and oxygen atoms in total. The second kappa shape index (κ2) is 9.00. The zero-order chi connectivity index (χ0) is 24.7. The number of aliphatic hydroxyl groups excluding tert-OH is 1. The van der Waals surface area contributed by atoms with Crippen LogP contribution >= 0.6 is 11.6 Å². The van der Waals surface area contributed by atoms with Gasteiger partial charge in [0.25, 0.3) is 0 Å². The first-order chi connectivity index (χ1) is 16.0. The minimum absolute atomic E-state index is 0.175. The molecule has 9 heteroatoms. The molecule has 0 spiro atoms. The Morgan fingerprint density at radius 2 is 1.59 bits per heavy atom. The number of anilines is 1. The van der Waals surface area contributed by atoms with Gasteiger partial charge in [0, 0.05) is 6.42 Å². The number of benzene rings is 3. The second-order valence-electron chi connectivity index (χ2n) is 8.06. The number of nitrogens with zero attached hydrogens (tertiary/aromatic N) is 2. The standard InChI is InChI=1S/C25H20ClF5N2O/c1-15(34)16-6-4-7-17(12-16)18-8-5-9-19(13-18)22-14-23(24(27,28)25(29,30)31)32-33(22)21-11-3-2-10-20(21)26/h2-13,15,22,34H,14H2,1H3. The topological polar surface area (TPSA) is 35.8 Å². The van der Waals surface area contributed by atoms with Crippen LogP contribution < -0.4 is 5.01 Å². The van der Waals surface area contributed by atoms with Gasteiger partial charge in [0.2, 0.25) is 0 Å². The highest BCUT2D eigenvalue weighted by atomic mass is 35.5. The van der Waals surface area contributed by atoms with Gasteiger partial charge in [0.1, 0.15) is 5.71 Å². The molecule has 0 aromatic heterocycles. The first-order valence-corrected chi connectivity index (χ1v) is 10.8. The minimum atomic E-state index is -5.77.